The first-order valence-corrected chi connectivity index (χ1v) is 7.67. The number of aromatic hydroxyl groups is 1. The first-order chi connectivity index (χ1) is 11.0. The average molecular weight is 307 g/mol. The molecule has 3 rings (SSSR count). The summed E-state index contributed by atoms with van der Waals surface area (Å²) in [6.07, 6.45) is 0. The highest BCUT2D eigenvalue weighted by Gasteiger charge is 2.15. The summed E-state index contributed by atoms with van der Waals surface area (Å²) in [6, 6.07) is 17.6. The van der Waals surface area contributed by atoms with Crippen LogP contribution in [-0.2, 0) is 6.54 Å². The molecule has 0 atom stereocenters. The van der Waals surface area contributed by atoms with Gasteiger partial charge in [-0.2, -0.15) is 0 Å². The summed E-state index contributed by atoms with van der Waals surface area (Å²) in [5.74, 6) is 2.00. The highest BCUT2D eigenvalue weighted by Crippen LogP contribution is 2.36. The van der Waals surface area contributed by atoms with Crippen LogP contribution < -0.4 is 0 Å². The van der Waals surface area contributed by atoms with Gasteiger partial charge in [0, 0.05) is 11.1 Å². The summed E-state index contributed by atoms with van der Waals surface area (Å²) < 4.78 is 6.12. The van der Waals surface area contributed by atoms with E-state index in [9.17, 15) is 5.11 Å². The van der Waals surface area contributed by atoms with Crippen molar-refractivity contribution in [2.24, 2.45) is 0 Å². The first-order valence-electron chi connectivity index (χ1n) is 7.67. The largest absolute Gasteiger partial charge is 0.508 e. The minimum absolute atomic E-state index is 0.257. The molecule has 0 bridgehead atoms. The van der Waals surface area contributed by atoms with Crippen molar-refractivity contribution in [3.63, 3.8) is 0 Å². The minimum Gasteiger partial charge on any atom is -0.508 e. The maximum absolute atomic E-state index is 9.79. The Hall–Kier alpha value is -2.52. The summed E-state index contributed by atoms with van der Waals surface area (Å²) in [4.78, 5) is 2.07. The van der Waals surface area contributed by atoms with Crippen molar-refractivity contribution in [2.75, 3.05) is 14.1 Å². The molecule has 23 heavy (non-hydrogen) atoms. The molecule has 1 aromatic heterocycles. The topological polar surface area (TPSA) is 36.6 Å². The molecule has 3 heteroatoms. The molecule has 0 saturated carbocycles. The van der Waals surface area contributed by atoms with Crippen LogP contribution in [-0.4, -0.2) is 24.1 Å². The number of phenolic OH excluding ortho intramolecular Hbond substituents is 1. The summed E-state index contributed by atoms with van der Waals surface area (Å²) in [5, 5.41) is 9.79. The number of nitrogens with zero attached hydrogens (tertiary/aromatic N) is 1. The summed E-state index contributed by atoms with van der Waals surface area (Å²) in [6.45, 7) is 2.80. The van der Waals surface area contributed by atoms with Gasteiger partial charge >= 0.3 is 0 Å². The van der Waals surface area contributed by atoms with Gasteiger partial charge < -0.3 is 14.4 Å². The second kappa shape index (κ2) is 6.31. The maximum Gasteiger partial charge on any atom is 0.142 e. The van der Waals surface area contributed by atoms with Gasteiger partial charge in [0.1, 0.15) is 17.3 Å². The van der Waals surface area contributed by atoms with Crippen molar-refractivity contribution in [3.05, 3.63) is 65.9 Å². The van der Waals surface area contributed by atoms with Gasteiger partial charge in [0.2, 0.25) is 0 Å². The molecular weight excluding hydrogens is 286 g/mol. The molecule has 0 aliphatic heterocycles. The SMILES string of the molecule is Cc1ccc(-c2oc(CN(C)C)cc2-c2cccc(O)c2)cc1. The fourth-order valence-electron chi connectivity index (χ4n) is 2.64. The van der Waals surface area contributed by atoms with Crippen LogP contribution in [0, 0.1) is 6.92 Å². The lowest BCUT2D eigenvalue weighted by Crippen LogP contribution is -2.09. The quantitative estimate of drug-likeness (QED) is 0.759. The lowest BCUT2D eigenvalue weighted by Gasteiger charge is -2.06. The van der Waals surface area contributed by atoms with E-state index in [1.54, 1.807) is 12.1 Å². The monoisotopic (exact) mass is 307 g/mol. The summed E-state index contributed by atoms with van der Waals surface area (Å²) >= 11 is 0. The molecule has 0 saturated heterocycles. The van der Waals surface area contributed by atoms with Crippen LogP contribution in [0.1, 0.15) is 11.3 Å². The fraction of sp³-hybridized carbons (Fsp3) is 0.200. The highest BCUT2D eigenvalue weighted by molar-refractivity contribution is 5.80. The highest BCUT2D eigenvalue weighted by atomic mass is 16.3. The Balaban J connectivity index is 2.12. The van der Waals surface area contributed by atoms with Gasteiger partial charge in [-0.05, 0) is 44.8 Å². The van der Waals surface area contributed by atoms with E-state index in [0.29, 0.717) is 0 Å². The molecule has 0 unspecified atom stereocenters. The Labute approximate surface area is 136 Å². The van der Waals surface area contributed by atoms with Crippen LogP contribution in [0.15, 0.2) is 59.0 Å². The molecule has 0 fully saturated rings. The standard InChI is InChI=1S/C20H21NO2/c1-14-7-9-15(10-8-14)20-19(12-18(23-20)13-21(2)3)16-5-4-6-17(22)11-16/h4-12,22H,13H2,1-3H3. The molecule has 0 radical (unpaired) electrons. The van der Waals surface area contributed by atoms with Crippen molar-refractivity contribution in [2.45, 2.75) is 13.5 Å². The Bertz CT molecular complexity index is 801. The van der Waals surface area contributed by atoms with Gasteiger partial charge in [-0.15, -0.1) is 0 Å². The third-order valence-corrected chi connectivity index (χ3v) is 3.73. The third kappa shape index (κ3) is 3.46. The minimum atomic E-state index is 0.257. The molecule has 118 valence electrons. The Morgan fingerprint density at radius 1 is 0.957 bits per heavy atom. The zero-order valence-corrected chi connectivity index (χ0v) is 13.7. The van der Waals surface area contributed by atoms with E-state index in [1.165, 1.54) is 5.56 Å². The van der Waals surface area contributed by atoms with E-state index in [-0.39, 0.29) is 5.75 Å². The van der Waals surface area contributed by atoms with Crippen LogP contribution >= 0.6 is 0 Å². The van der Waals surface area contributed by atoms with Crippen molar-refractivity contribution >= 4 is 0 Å². The maximum atomic E-state index is 9.79. The smallest absolute Gasteiger partial charge is 0.142 e. The summed E-state index contributed by atoms with van der Waals surface area (Å²) in [7, 11) is 4.03. The number of furan rings is 1. The zero-order chi connectivity index (χ0) is 16.4. The molecule has 0 aliphatic carbocycles. The number of rotatable bonds is 4. The van der Waals surface area contributed by atoms with Gasteiger partial charge in [0.15, 0.2) is 0 Å². The van der Waals surface area contributed by atoms with Crippen LogP contribution in [0.4, 0.5) is 0 Å². The predicted molar refractivity (Wildman–Crippen MR) is 93.4 cm³/mol. The molecule has 3 nitrogen and oxygen atoms in total. The van der Waals surface area contributed by atoms with Crippen LogP contribution in [0.3, 0.4) is 0 Å². The first kappa shape index (κ1) is 15.4. The van der Waals surface area contributed by atoms with Gasteiger partial charge in [0.25, 0.3) is 0 Å². The van der Waals surface area contributed by atoms with E-state index < -0.39 is 0 Å². The molecule has 1 N–H and O–H groups in total. The number of hydrogen-bond acceptors (Lipinski definition) is 3. The molecule has 1 heterocycles. The normalized spacial score (nSPS) is 11.1. The molecule has 0 aliphatic rings. The Morgan fingerprint density at radius 3 is 2.35 bits per heavy atom. The molecule has 0 amide bonds. The summed E-state index contributed by atoms with van der Waals surface area (Å²) in [5.41, 5.74) is 4.21. The third-order valence-electron chi connectivity index (χ3n) is 3.73. The molecular formula is C20H21NO2. The van der Waals surface area contributed by atoms with Crippen molar-refractivity contribution in [1.82, 2.24) is 4.90 Å². The van der Waals surface area contributed by atoms with Crippen molar-refractivity contribution in [3.8, 4) is 28.2 Å². The zero-order valence-electron chi connectivity index (χ0n) is 13.7. The lowest BCUT2D eigenvalue weighted by molar-refractivity contribution is 0.353. The van der Waals surface area contributed by atoms with Crippen molar-refractivity contribution < 1.29 is 9.52 Å². The number of benzene rings is 2. The molecule has 2 aromatic carbocycles. The fourth-order valence-corrected chi connectivity index (χ4v) is 2.64. The second-order valence-electron chi connectivity index (χ2n) is 6.11. The number of hydrogen-bond donors (Lipinski definition) is 1. The van der Waals surface area contributed by atoms with Gasteiger partial charge in [0.05, 0.1) is 6.54 Å². The predicted octanol–water partition coefficient (Wildman–Crippen LogP) is 4.69. The van der Waals surface area contributed by atoms with Gasteiger partial charge in [-0.25, -0.2) is 0 Å². The Morgan fingerprint density at radius 2 is 1.70 bits per heavy atom. The molecule has 0 spiro atoms. The Kier molecular flexibility index (Phi) is 4.22. The van der Waals surface area contributed by atoms with Crippen LogP contribution in [0.25, 0.3) is 22.5 Å². The van der Waals surface area contributed by atoms with Crippen LogP contribution in [0.5, 0.6) is 5.75 Å². The van der Waals surface area contributed by atoms with E-state index in [0.717, 1.165) is 34.8 Å². The van der Waals surface area contributed by atoms with E-state index in [2.05, 4.69) is 42.2 Å². The van der Waals surface area contributed by atoms with Crippen LogP contribution in [0.2, 0.25) is 0 Å². The number of aryl methyl sites for hydroxylation is 1. The van der Waals surface area contributed by atoms with E-state index in [1.807, 2.05) is 26.2 Å². The van der Waals surface area contributed by atoms with E-state index in [4.69, 9.17) is 4.42 Å². The van der Waals surface area contributed by atoms with E-state index >= 15 is 0 Å². The average Bonchev–Trinajstić information content (AvgIpc) is 2.91. The number of phenols is 1. The van der Waals surface area contributed by atoms with Crippen molar-refractivity contribution in [1.29, 1.82) is 0 Å². The molecule has 3 aromatic rings. The lowest BCUT2D eigenvalue weighted by atomic mass is 10.0. The van der Waals surface area contributed by atoms with Gasteiger partial charge in [-0.3, -0.25) is 0 Å². The second-order valence-corrected chi connectivity index (χ2v) is 6.11. The van der Waals surface area contributed by atoms with Gasteiger partial charge in [-0.1, -0.05) is 42.0 Å².